The summed E-state index contributed by atoms with van der Waals surface area (Å²) in [6.45, 7) is 0. The Balaban J connectivity index is 2.18. The maximum absolute atomic E-state index is 12.9. The molecule has 18 heavy (non-hydrogen) atoms. The fourth-order valence-electron chi connectivity index (χ4n) is 1.52. The summed E-state index contributed by atoms with van der Waals surface area (Å²) in [5, 5.41) is 10.4. The summed E-state index contributed by atoms with van der Waals surface area (Å²) in [4.78, 5) is 0.743. The summed E-state index contributed by atoms with van der Waals surface area (Å²) in [7, 11) is 0. The summed E-state index contributed by atoms with van der Waals surface area (Å²) in [6, 6.07) is 5.91. The second-order valence-corrected chi connectivity index (χ2v) is 6.67. The van der Waals surface area contributed by atoms with Gasteiger partial charge in [0.2, 0.25) is 0 Å². The predicted molar refractivity (Wildman–Crippen MR) is 77.1 cm³/mol. The summed E-state index contributed by atoms with van der Waals surface area (Å²) >= 11 is 16.4. The van der Waals surface area contributed by atoms with Gasteiger partial charge in [-0.3, -0.25) is 0 Å². The van der Waals surface area contributed by atoms with Crippen LogP contribution in [-0.4, -0.2) is 5.11 Å². The highest BCUT2D eigenvalue weighted by Gasteiger charge is 2.15. The molecule has 1 heterocycles. The van der Waals surface area contributed by atoms with E-state index in [1.54, 1.807) is 12.1 Å². The van der Waals surface area contributed by atoms with Crippen molar-refractivity contribution in [2.24, 2.45) is 0 Å². The van der Waals surface area contributed by atoms with E-state index in [4.69, 9.17) is 23.2 Å². The number of benzene rings is 1. The van der Waals surface area contributed by atoms with Crippen molar-refractivity contribution < 1.29 is 9.50 Å². The van der Waals surface area contributed by atoms with Gasteiger partial charge in [0, 0.05) is 20.8 Å². The molecular weight excluding hydrogens is 362 g/mol. The summed E-state index contributed by atoms with van der Waals surface area (Å²) in [6.07, 6.45) is -0.385. The molecule has 2 aromatic rings. The molecule has 0 aliphatic heterocycles. The van der Waals surface area contributed by atoms with Gasteiger partial charge in [0.05, 0.1) is 6.10 Å². The highest BCUT2D eigenvalue weighted by atomic mass is 79.9. The van der Waals surface area contributed by atoms with Crippen LogP contribution in [0, 0.1) is 5.82 Å². The molecule has 0 saturated heterocycles. The molecule has 1 aromatic carbocycles. The van der Waals surface area contributed by atoms with E-state index in [1.165, 1.54) is 23.5 Å². The molecule has 96 valence electrons. The molecule has 2 rings (SSSR count). The lowest BCUT2D eigenvalue weighted by Crippen LogP contribution is -2.00. The SMILES string of the molecule is OC(Cc1ccc(F)cc1Cl)c1cc(Br)c(Cl)s1. The van der Waals surface area contributed by atoms with Crippen LogP contribution in [0.15, 0.2) is 28.7 Å². The first-order valence-electron chi connectivity index (χ1n) is 5.04. The van der Waals surface area contributed by atoms with E-state index in [2.05, 4.69) is 15.9 Å². The third-order valence-corrected chi connectivity index (χ3v) is 5.35. The van der Waals surface area contributed by atoms with E-state index in [-0.39, 0.29) is 5.82 Å². The van der Waals surface area contributed by atoms with Gasteiger partial charge in [0.15, 0.2) is 0 Å². The Morgan fingerprint density at radius 3 is 2.61 bits per heavy atom. The predicted octanol–water partition coefficient (Wildman–Crippen LogP) is 5.23. The molecule has 0 bridgehead atoms. The summed E-state index contributed by atoms with van der Waals surface area (Å²) in [5.41, 5.74) is 0.700. The molecule has 1 atom stereocenters. The van der Waals surface area contributed by atoms with E-state index in [1.807, 2.05) is 0 Å². The van der Waals surface area contributed by atoms with Gasteiger partial charge >= 0.3 is 0 Å². The van der Waals surface area contributed by atoms with E-state index in [9.17, 15) is 9.50 Å². The van der Waals surface area contributed by atoms with Gasteiger partial charge in [0.1, 0.15) is 10.2 Å². The second kappa shape index (κ2) is 5.88. The molecule has 0 amide bonds. The third-order valence-electron chi connectivity index (χ3n) is 2.42. The van der Waals surface area contributed by atoms with Crippen LogP contribution in [0.5, 0.6) is 0 Å². The smallest absolute Gasteiger partial charge is 0.124 e. The topological polar surface area (TPSA) is 20.2 Å². The molecule has 0 aliphatic rings. The molecule has 0 spiro atoms. The second-order valence-electron chi connectivity index (χ2n) is 3.73. The van der Waals surface area contributed by atoms with Crippen molar-refractivity contribution >= 4 is 50.5 Å². The number of halogens is 4. The molecule has 0 radical (unpaired) electrons. The van der Waals surface area contributed by atoms with Crippen LogP contribution in [0.2, 0.25) is 9.36 Å². The van der Waals surface area contributed by atoms with E-state index >= 15 is 0 Å². The van der Waals surface area contributed by atoms with Crippen LogP contribution >= 0.6 is 50.5 Å². The Morgan fingerprint density at radius 2 is 2.06 bits per heavy atom. The first kappa shape index (κ1) is 14.3. The minimum atomic E-state index is -0.707. The van der Waals surface area contributed by atoms with Gasteiger partial charge in [0.25, 0.3) is 0 Å². The van der Waals surface area contributed by atoms with Crippen molar-refractivity contribution in [3.05, 3.63) is 54.4 Å². The fourth-order valence-corrected chi connectivity index (χ4v) is 3.49. The van der Waals surface area contributed by atoms with Gasteiger partial charge in [-0.05, 0) is 39.7 Å². The molecular formula is C12H8BrCl2FOS. The number of aliphatic hydroxyl groups is 1. The molecule has 0 aliphatic carbocycles. The Hall–Kier alpha value is -0.130. The highest BCUT2D eigenvalue weighted by Crippen LogP contribution is 2.36. The van der Waals surface area contributed by atoms with E-state index in [0.29, 0.717) is 21.3 Å². The van der Waals surface area contributed by atoms with Crippen molar-refractivity contribution in [3.63, 3.8) is 0 Å². The zero-order chi connectivity index (χ0) is 13.3. The van der Waals surface area contributed by atoms with Crippen LogP contribution in [0.1, 0.15) is 16.5 Å². The average Bonchev–Trinajstić information content (AvgIpc) is 2.63. The quantitative estimate of drug-likeness (QED) is 0.784. The number of thiophene rings is 1. The van der Waals surface area contributed by atoms with Crippen molar-refractivity contribution in [2.75, 3.05) is 0 Å². The molecule has 0 saturated carbocycles. The number of hydrogen-bond acceptors (Lipinski definition) is 2. The lowest BCUT2D eigenvalue weighted by atomic mass is 10.1. The normalized spacial score (nSPS) is 12.7. The summed E-state index contributed by atoms with van der Waals surface area (Å²) in [5.74, 6) is -0.389. The van der Waals surface area contributed by atoms with Crippen LogP contribution in [0.3, 0.4) is 0 Å². The van der Waals surface area contributed by atoms with E-state index < -0.39 is 6.10 Å². The summed E-state index contributed by atoms with van der Waals surface area (Å²) < 4.78 is 14.2. The molecule has 1 N–H and O–H groups in total. The molecule has 6 heteroatoms. The molecule has 0 fully saturated rings. The Bertz CT molecular complexity index is 554. The third kappa shape index (κ3) is 3.25. The first-order valence-corrected chi connectivity index (χ1v) is 7.40. The average molecular weight is 370 g/mol. The highest BCUT2D eigenvalue weighted by molar-refractivity contribution is 9.10. The number of rotatable bonds is 3. The van der Waals surface area contributed by atoms with Crippen LogP contribution < -0.4 is 0 Å². The maximum Gasteiger partial charge on any atom is 0.124 e. The van der Waals surface area contributed by atoms with Crippen LogP contribution in [0.4, 0.5) is 4.39 Å². The van der Waals surface area contributed by atoms with Gasteiger partial charge < -0.3 is 5.11 Å². The van der Waals surface area contributed by atoms with Gasteiger partial charge in [-0.15, -0.1) is 11.3 Å². The van der Waals surface area contributed by atoms with E-state index in [0.717, 1.165) is 9.35 Å². The minimum Gasteiger partial charge on any atom is -0.387 e. The van der Waals surface area contributed by atoms with Gasteiger partial charge in [-0.25, -0.2) is 4.39 Å². The number of hydrogen-bond donors (Lipinski definition) is 1. The number of aliphatic hydroxyl groups excluding tert-OH is 1. The lowest BCUT2D eigenvalue weighted by molar-refractivity contribution is 0.182. The lowest BCUT2D eigenvalue weighted by Gasteiger charge is -2.09. The molecule has 1 unspecified atom stereocenters. The van der Waals surface area contributed by atoms with Crippen molar-refractivity contribution in [1.29, 1.82) is 0 Å². The van der Waals surface area contributed by atoms with Crippen molar-refractivity contribution in [2.45, 2.75) is 12.5 Å². The van der Waals surface area contributed by atoms with Crippen molar-refractivity contribution in [1.82, 2.24) is 0 Å². The Kier molecular flexibility index (Phi) is 4.67. The first-order chi connectivity index (χ1) is 8.47. The van der Waals surface area contributed by atoms with Crippen LogP contribution in [-0.2, 0) is 6.42 Å². The fraction of sp³-hybridized carbons (Fsp3) is 0.167. The minimum absolute atomic E-state index is 0.316. The Morgan fingerprint density at radius 1 is 1.33 bits per heavy atom. The molecule has 1 aromatic heterocycles. The van der Waals surface area contributed by atoms with Crippen molar-refractivity contribution in [3.8, 4) is 0 Å². The van der Waals surface area contributed by atoms with Crippen LogP contribution in [0.25, 0.3) is 0 Å². The Labute approximate surface area is 126 Å². The zero-order valence-electron chi connectivity index (χ0n) is 8.96. The monoisotopic (exact) mass is 368 g/mol. The van der Waals surface area contributed by atoms with Gasteiger partial charge in [-0.2, -0.15) is 0 Å². The van der Waals surface area contributed by atoms with Gasteiger partial charge in [-0.1, -0.05) is 29.3 Å². The molecule has 1 nitrogen and oxygen atoms in total. The largest absolute Gasteiger partial charge is 0.387 e. The standard InChI is InChI=1S/C12H8BrCl2FOS/c13-8-5-11(18-12(8)15)10(17)3-6-1-2-7(16)4-9(6)14/h1-2,4-5,10,17H,3H2. The maximum atomic E-state index is 12.9. The zero-order valence-corrected chi connectivity index (χ0v) is 12.9.